The maximum absolute atomic E-state index is 12.0. The Morgan fingerprint density at radius 2 is 1.96 bits per heavy atom. The summed E-state index contributed by atoms with van der Waals surface area (Å²) in [5.41, 5.74) is 2.06. The van der Waals surface area contributed by atoms with Crippen LogP contribution in [0.25, 0.3) is 0 Å². The van der Waals surface area contributed by atoms with Crippen molar-refractivity contribution in [1.82, 2.24) is 9.80 Å². The highest BCUT2D eigenvalue weighted by molar-refractivity contribution is 8.00. The van der Waals surface area contributed by atoms with Crippen LogP contribution < -0.4 is 5.32 Å². The van der Waals surface area contributed by atoms with Crippen LogP contribution in [0.4, 0.5) is 5.69 Å². The molecule has 2 heterocycles. The molecule has 1 aromatic rings. The summed E-state index contributed by atoms with van der Waals surface area (Å²) >= 11 is 1.55. The molecule has 5 nitrogen and oxygen atoms in total. The van der Waals surface area contributed by atoms with Gasteiger partial charge in [0.05, 0.1) is 11.6 Å². The van der Waals surface area contributed by atoms with Crippen molar-refractivity contribution < 1.29 is 9.59 Å². The fraction of sp³-hybridized carbons (Fsp3) is 0.556. The first-order valence-corrected chi connectivity index (χ1v) is 9.72. The van der Waals surface area contributed by atoms with Gasteiger partial charge in [-0.25, -0.2) is 0 Å². The Balaban J connectivity index is 1.47. The van der Waals surface area contributed by atoms with E-state index in [1.807, 2.05) is 12.1 Å². The quantitative estimate of drug-likeness (QED) is 0.889. The monoisotopic (exact) mass is 347 g/mol. The number of piperidine rings is 1. The number of rotatable bonds is 5. The van der Waals surface area contributed by atoms with E-state index in [0.717, 1.165) is 18.2 Å². The van der Waals surface area contributed by atoms with Crippen LogP contribution in [0, 0.1) is 5.92 Å². The molecule has 0 saturated carbocycles. The van der Waals surface area contributed by atoms with Crippen molar-refractivity contribution in [3.63, 3.8) is 0 Å². The lowest BCUT2D eigenvalue weighted by Crippen LogP contribution is -2.34. The number of nitrogens with one attached hydrogen (secondary N) is 1. The highest BCUT2D eigenvalue weighted by atomic mass is 32.2. The van der Waals surface area contributed by atoms with E-state index < -0.39 is 0 Å². The lowest BCUT2D eigenvalue weighted by Gasteiger charge is -2.30. The molecule has 2 amide bonds. The molecule has 0 radical (unpaired) electrons. The first kappa shape index (κ1) is 17.3. The van der Waals surface area contributed by atoms with Crippen LogP contribution in [0.1, 0.15) is 25.3 Å². The summed E-state index contributed by atoms with van der Waals surface area (Å²) in [6.45, 7) is 5.77. The van der Waals surface area contributed by atoms with Gasteiger partial charge in [-0.05, 0) is 49.5 Å². The van der Waals surface area contributed by atoms with E-state index in [4.69, 9.17) is 0 Å². The van der Waals surface area contributed by atoms with Gasteiger partial charge in [0, 0.05) is 12.2 Å². The number of amides is 2. The van der Waals surface area contributed by atoms with Gasteiger partial charge >= 0.3 is 0 Å². The van der Waals surface area contributed by atoms with Gasteiger partial charge in [-0.3, -0.25) is 14.5 Å². The lowest BCUT2D eigenvalue weighted by atomic mass is 9.99. The maximum Gasteiger partial charge on any atom is 0.244 e. The normalized spacial score (nSPS) is 19.7. The molecule has 2 fully saturated rings. The third kappa shape index (κ3) is 4.74. The van der Waals surface area contributed by atoms with Crippen molar-refractivity contribution in [3.05, 3.63) is 29.8 Å². The number of thioether (sulfide) groups is 1. The van der Waals surface area contributed by atoms with Crippen molar-refractivity contribution >= 4 is 29.3 Å². The number of hydrogen-bond acceptors (Lipinski definition) is 4. The predicted molar refractivity (Wildman–Crippen MR) is 97.8 cm³/mol. The smallest absolute Gasteiger partial charge is 0.244 e. The maximum atomic E-state index is 12.0. The molecule has 2 aliphatic heterocycles. The van der Waals surface area contributed by atoms with Crippen LogP contribution in [0.5, 0.6) is 0 Å². The summed E-state index contributed by atoms with van der Waals surface area (Å²) in [5.74, 6) is 1.85. The van der Waals surface area contributed by atoms with Crippen LogP contribution in [-0.2, 0) is 16.1 Å². The van der Waals surface area contributed by atoms with Gasteiger partial charge < -0.3 is 10.2 Å². The number of carbonyl (C=O) groups excluding carboxylic acids is 2. The molecule has 2 aliphatic rings. The fourth-order valence-corrected chi connectivity index (χ4v) is 3.99. The Morgan fingerprint density at radius 3 is 2.58 bits per heavy atom. The molecule has 130 valence electrons. The van der Waals surface area contributed by atoms with E-state index in [2.05, 4.69) is 29.3 Å². The van der Waals surface area contributed by atoms with E-state index in [-0.39, 0.29) is 18.4 Å². The van der Waals surface area contributed by atoms with Crippen molar-refractivity contribution in [3.8, 4) is 0 Å². The molecular weight excluding hydrogens is 322 g/mol. The van der Waals surface area contributed by atoms with Gasteiger partial charge in [0.1, 0.15) is 6.54 Å². The Morgan fingerprint density at radius 1 is 1.25 bits per heavy atom. The molecule has 0 atom stereocenters. The largest absolute Gasteiger partial charge is 0.325 e. The average Bonchev–Trinajstić information content (AvgIpc) is 2.96. The minimum Gasteiger partial charge on any atom is -0.325 e. The number of anilines is 1. The van der Waals surface area contributed by atoms with Crippen LogP contribution >= 0.6 is 11.8 Å². The highest BCUT2D eigenvalue weighted by Crippen LogP contribution is 2.19. The summed E-state index contributed by atoms with van der Waals surface area (Å²) < 4.78 is 0. The standard InChI is InChI=1S/C18H25N3O2S/c1-14-6-8-20(9-7-14)10-15-2-4-16(5-3-15)19-17(22)11-21-13-24-12-18(21)23/h2-5,14H,6-13H2,1H3,(H,19,22). The van der Waals surface area contributed by atoms with Gasteiger partial charge in [0.25, 0.3) is 0 Å². The van der Waals surface area contributed by atoms with Crippen molar-refractivity contribution in [2.24, 2.45) is 5.92 Å². The highest BCUT2D eigenvalue weighted by Gasteiger charge is 2.22. The minimum atomic E-state index is -0.136. The van der Waals surface area contributed by atoms with E-state index >= 15 is 0 Å². The number of likely N-dealkylation sites (tertiary alicyclic amines) is 1. The van der Waals surface area contributed by atoms with Crippen molar-refractivity contribution in [2.45, 2.75) is 26.3 Å². The third-order valence-corrected chi connectivity index (χ3v) is 5.63. The molecule has 0 aromatic heterocycles. The van der Waals surface area contributed by atoms with E-state index in [9.17, 15) is 9.59 Å². The van der Waals surface area contributed by atoms with Crippen LogP contribution in [0.2, 0.25) is 0 Å². The SMILES string of the molecule is CC1CCN(Cc2ccc(NC(=O)CN3CSCC3=O)cc2)CC1. The van der Waals surface area contributed by atoms with E-state index in [0.29, 0.717) is 11.6 Å². The van der Waals surface area contributed by atoms with E-state index in [1.54, 1.807) is 16.7 Å². The summed E-state index contributed by atoms with van der Waals surface area (Å²) in [5, 5.41) is 2.87. The zero-order valence-electron chi connectivity index (χ0n) is 14.2. The summed E-state index contributed by atoms with van der Waals surface area (Å²) in [7, 11) is 0. The first-order chi connectivity index (χ1) is 11.6. The van der Waals surface area contributed by atoms with Crippen LogP contribution in [-0.4, -0.2) is 52.9 Å². The predicted octanol–water partition coefficient (Wildman–Crippen LogP) is 2.39. The topological polar surface area (TPSA) is 52.7 Å². The summed E-state index contributed by atoms with van der Waals surface area (Å²) in [4.78, 5) is 27.6. The lowest BCUT2D eigenvalue weighted by molar-refractivity contribution is -0.130. The molecule has 1 aromatic carbocycles. The minimum absolute atomic E-state index is 0.0429. The number of hydrogen-bond donors (Lipinski definition) is 1. The van der Waals surface area contributed by atoms with Crippen molar-refractivity contribution in [1.29, 1.82) is 0 Å². The second kappa shape index (κ2) is 8.03. The summed E-state index contributed by atoms with van der Waals surface area (Å²) in [6, 6.07) is 8.04. The fourth-order valence-electron chi connectivity index (χ4n) is 3.09. The molecule has 0 aliphatic carbocycles. The second-order valence-corrected chi connectivity index (χ2v) is 7.73. The molecule has 0 bridgehead atoms. The molecule has 0 spiro atoms. The molecule has 6 heteroatoms. The van der Waals surface area contributed by atoms with Gasteiger partial charge in [-0.2, -0.15) is 0 Å². The second-order valence-electron chi connectivity index (χ2n) is 6.77. The Labute approximate surface area is 147 Å². The molecule has 3 rings (SSSR count). The van der Waals surface area contributed by atoms with Gasteiger partial charge in [-0.1, -0.05) is 19.1 Å². The number of carbonyl (C=O) groups is 2. The van der Waals surface area contributed by atoms with Gasteiger partial charge in [0.15, 0.2) is 0 Å². The first-order valence-electron chi connectivity index (χ1n) is 8.57. The summed E-state index contributed by atoms with van der Waals surface area (Å²) in [6.07, 6.45) is 2.56. The molecule has 1 N–H and O–H groups in total. The Bertz CT molecular complexity index is 582. The molecule has 24 heavy (non-hydrogen) atoms. The number of benzene rings is 1. The molecule has 0 unspecified atom stereocenters. The van der Waals surface area contributed by atoms with Gasteiger partial charge in [0.2, 0.25) is 11.8 Å². The van der Waals surface area contributed by atoms with Crippen LogP contribution in [0.15, 0.2) is 24.3 Å². The zero-order chi connectivity index (χ0) is 16.9. The third-order valence-electron chi connectivity index (χ3n) is 4.68. The van der Waals surface area contributed by atoms with Crippen molar-refractivity contribution in [2.75, 3.05) is 36.6 Å². The van der Waals surface area contributed by atoms with Gasteiger partial charge in [-0.15, -0.1) is 11.8 Å². The Kier molecular flexibility index (Phi) is 5.79. The molecule has 2 saturated heterocycles. The Hall–Kier alpha value is -1.53. The van der Waals surface area contributed by atoms with Crippen LogP contribution in [0.3, 0.4) is 0 Å². The number of nitrogens with zero attached hydrogens (tertiary/aromatic N) is 2. The molecular formula is C18H25N3O2S. The zero-order valence-corrected chi connectivity index (χ0v) is 15.0. The average molecular weight is 347 g/mol. The van der Waals surface area contributed by atoms with E-state index in [1.165, 1.54) is 31.5 Å².